The van der Waals surface area contributed by atoms with Crippen LogP contribution in [0.1, 0.15) is 45.4 Å². The summed E-state index contributed by atoms with van der Waals surface area (Å²) in [5, 5.41) is 3.31. The lowest BCUT2D eigenvalue weighted by molar-refractivity contribution is -0.148. The van der Waals surface area contributed by atoms with E-state index in [0.29, 0.717) is 12.6 Å². The minimum atomic E-state index is 0.00857. The maximum absolute atomic E-state index is 11.6. The summed E-state index contributed by atoms with van der Waals surface area (Å²) >= 11 is 0. The van der Waals surface area contributed by atoms with Crippen LogP contribution in [-0.2, 0) is 9.53 Å². The fourth-order valence-electron chi connectivity index (χ4n) is 2.26. The van der Waals surface area contributed by atoms with E-state index in [9.17, 15) is 4.79 Å². The first-order chi connectivity index (χ1) is 7.27. The minimum absolute atomic E-state index is 0.00857. The van der Waals surface area contributed by atoms with E-state index in [1.54, 1.807) is 0 Å². The van der Waals surface area contributed by atoms with E-state index < -0.39 is 0 Å². The second-order valence-corrected chi connectivity index (χ2v) is 4.30. The summed E-state index contributed by atoms with van der Waals surface area (Å²) in [4.78, 5) is 11.6. The quantitative estimate of drug-likeness (QED) is 0.730. The zero-order valence-electron chi connectivity index (χ0n) is 9.92. The Bertz CT molecular complexity index is 194. The van der Waals surface area contributed by atoms with Crippen LogP contribution in [0.5, 0.6) is 0 Å². The first-order valence-electron chi connectivity index (χ1n) is 6.11. The van der Waals surface area contributed by atoms with E-state index in [1.165, 1.54) is 12.8 Å². The molecule has 1 rings (SSSR count). The fourth-order valence-corrected chi connectivity index (χ4v) is 2.26. The van der Waals surface area contributed by atoms with Crippen LogP contribution in [0.25, 0.3) is 0 Å². The Kier molecular flexibility index (Phi) is 5.69. The Morgan fingerprint density at radius 2 is 2.00 bits per heavy atom. The lowest BCUT2D eigenvalue weighted by Crippen LogP contribution is -2.29. The number of hydrogen-bond donors (Lipinski definition) is 1. The van der Waals surface area contributed by atoms with E-state index in [2.05, 4.69) is 5.32 Å². The largest absolute Gasteiger partial charge is 0.466 e. The average molecular weight is 213 g/mol. The number of rotatable bonds is 3. The van der Waals surface area contributed by atoms with Gasteiger partial charge in [-0.25, -0.2) is 0 Å². The molecule has 0 spiro atoms. The van der Waals surface area contributed by atoms with Gasteiger partial charge in [0.05, 0.1) is 12.5 Å². The first kappa shape index (κ1) is 12.5. The summed E-state index contributed by atoms with van der Waals surface area (Å²) in [7, 11) is 2.01. The van der Waals surface area contributed by atoms with Crippen molar-refractivity contribution < 1.29 is 9.53 Å². The van der Waals surface area contributed by atoms with E-state index in [1.807, 2.05) is 14.0 Å². The van der Waals surface area contributed by atoms with Crippen molar-refractivity contribution >= 4 is 5.97 Å². The molecule has 3 heteroatoms. The molecule has 0 aliphatic heterocycles. The summed E-state index contributed by atoms with van der Waals surface area (Å²) in [6, 6.07) is 0.585. The fraction of sp³-hybridized carbons (Fsp3) is 0.917. The standard InChI is InChI=1S/C12H23NO2/c1-3-15-12(14)10-6-4-5-7-11(13-2)9-8-10/h10-11,13H,3-9H2,1-2H3/t10-,11-/m1/s1. The number of esters is 1. The third-order valence-electron chi connectivity index (χ3n) is 3.25. The van der Waals surface area contributed by atoms with Gasteiger partial charge in [-0.1, -0.05) is 12.8 Å². The summed E-state index contributed by atoms with van der Waals surface area (Å²) in [5.74, 6) is 0.148. The molecule has 88 valence electrons. The Balaban J connectivity index is 2.40. The number of hydrogen-bond acceptors (Lipinski definition) is 3. The van der Waals surface area contributed by atoms with Gasteiger partial charge in [-0.05, 0) is 39.7 Å². The van der Waals surface area contributed by atoms with Crippen molar-refractivity contribution in [2.75, 3.05) is 13.7 Å². The highest BCUT2D eigenvalue weighted by molar-refractivity contribution is 5.72. The second-order valence-electron chi connectivity index (χ2n) is 4.30. The lowest BCUT2D eigenvalue weighted by Gasteiger charge is -2.23. The van der Waals surface area contributed by atoms with Crippen molar-refractivity contribution in [3.63, 3.8) is 0 Å². The van der Waals surface area contributed by atoms with Crippen molar-refractivity contribution in [2.45, 2.75) is 51.5 Å². The van der Waals surface area contributed by atoms with Crippen LogP contribution >= 0.6 is 0 Å². The third kappa shape index (κ3) is 4.20. The Morgan fingerprint density at radius 3 is 2.67 bits per heavy atom. The summed E-state index contributed by atoms with van der Waals surface area (Å²) in [6.45, 7) is 2.38. The van der Waals surface area contributed by atoms with Gasteiger partial charge in [0.25, 0.3) is 0 Å². The molecule has 0 amide bonds. The van der Waals surface area contributed by atoms with Gasteiger partial charge in [0.1, 0.15) is 0 Å². The van der Waals surface area contributed by atoms with Gasteiger partial charge >= 0.3 is 5.97 Å². The monoisotopic (exact) mass is 213 g/mol. The molecule has 0 aromatic heterocycles. The van der Waals surface area contributed by atoms with Gasteiger partial charge < -0.3 is 10.1 Å². The molecule has 0 aromatic rings. The highest BCUT2D eigenvalue weighted by Crippen LogP contribution is 2.23. The zero-order chi connectivity index (χ0) is 11.1. The minimum Gasteiger partial charge on any atom is -0.466 e. The van der Waals surface area contributed by atoms with E-state index in [-0.39, 0.29) is 11.9 Å². The summed E-state index contributed by atoms with van der Waals surface area (Å²) in [6.07, 6.45) is 6.70. The van der Waals surface area contributed by atoms with Crippen LogP contribution in [-0.4, -0.2) is 25.7 Å². The summed E-state index contributed by atoms with van der Waals surface area (Å²) in [5.41, 5.74) is 0. The van der Waals surface area contributed by atoms with Crippen LogP contribution in [0.15, 0.2) is 0 Å². The van der Waals surface area contributed by atoms with Gasteiger partial charge in [0.2, 0.25) is 0 Å². The predicted molar refractivity (Wildman–Crippen MR) is 60.7 cm³/mol. The molecule has 1 fully saturated rings. The van der Waals surface area contributed by atoms with E-state index in [0.717, 1.165) is 25.7 Å². The average Bonchev–Trinajstić information content (AvgIpc) is 2.18. The molecule has 0 heterocycles. The highest BCUT2D eigenvalue weighted by Gasteiger charge is 2.22. The molecule has 3 nitrogen and oxygen atoms in total. The number of ether oxygens (including phenoxy) is 1. The van der Waals surface area contributed by atoms with Gasteiger partial charge in [0.15, 0.2) is 0 Å². The molecule has 0 saturated heterocycles. The molecule has 2 atom stereocenters. The van der Waals surface area contributed by atoms with Crippen molar-refractivity contribution in [1.29, 1.82) is 0 Å². The number of carbonyl (C=O) groups excluding carboxylic acids is 1. The first-order valence-corrected chi connectivity index (χ1v) is 6.11. The van der Waals surface area contributed by atoms with E-state index >= 15 is 0 Å². The third-order valence-corrected chi connectivity index (χ3v) is 3.25. The molecule has 1 N–H and O–H groups in total. The van der Waals surface area contributed by atoms with Gasteiger partial charge in [-0.15, -0.1) is 0 Å². The molecule has 0 radical (unpaired) electrons. The van der Waals surface area contributed by atoms with Crippen LogP contribution in [0.3, 0.4) is 0 Å². The normalized spacial score (nSPS) is 27.9. The Morgan fingerprint density at radius 1 is 1.27 bits per heavy atom. The smallest absolute Gasteiger partial charge is 0.308 e. The van der Waals surface area contributed by atoms with Gasteiger partial charge in [-0.2, -0.15) is 0 Å². The molecular weight excluding hydrogens is 190 g/mol. The number of carbonyl (C=O) groups is 1. The molecule has 1 aliphatic rings. The highest BCUT2D eigenvalue weighted by atomic mass is 16.5. The van der Waals surface area contributed by atoms with Crippen molar-refractivity contribution in [2.24, 2.45) is 5.92 Å². The molecule has 1 aliphatic carbocycles. The second kappa shape index (κ2) is 6.83. The molecule has 15 heavy (non-hydrogen) atoms. The SMILES string of the molecule is CCOC(=O)[C@@H]1CCCC[C@@H](NC)CC1. The molecule has 0 unspecified atom stereocenters. The van der Waals surface area contributed by atoms with Crippen molar-refractivity contribution in [1.82, 2.24) is 5.32 Å². The Hall–Kier alpha value is -0.570. The van der Waals surface area contributed by atoms with E-state index in [4.69, 9.17) is 4.74 Å². The molecule has 0 bridgehead atoms. The molecular formula is C12H23NO2. The van der Waals surface area contributed by atoms with Crippen LogP contribution in [0.4, 0.5) is 0 Å². The molecule has 0 aromatic carbocycles. The maximum atomic E-state index is 11.6. The van der Waals surface area contributed by atoms with Crippen LogP contribution in [0.2, 0.25) is 0 Å². The van der Waals surface area contributed by atoms with Crippen LogP contribution in [0, 0.1) is 5.92 Å². The van der Waals surface area contributed by atoms with Gasteiger partial charge in [-0.3, -0.25) is 4.79 Å². The number of nitrogens with one attached hydrogen (secondary N) is 1. The zero-order valence-corrected chi connectivity index (χ0v) is 9.92. The Labute approximate surface area is 92.6 Å². The van der Waals surface area contributed by atoms with Gasteiger partial charge in [0, 0.05) is 6.04 Å². The maximum Gasteiger partial charge on any atom is 0.308 e. The van der Waals surface area contributed by atoms with Crippen LogP contribution < -0.4 is 5.32 Å². The lowest BCUT2D eigenvalue weighted by atomic mass is 9.89. The summed E-state index contributed by atoms with van der Waals surface area (Å²) < 4.78 is 5.09. The predicted octanol–water partition coefficient (Wildman–Crippen LogP) is 2.11. The van der Waals surface area contributed by atoms with Crippen molar-refractivity contribution in [3.05, 3.63) is 0 Å². The topological polar surface area (TPSA) is 38.3 Å². The van der Waals surface area contributed by atoms with Crippen molar-refractivity contribution in [3.8, 4) is 0 Å². The molecule has 1 saturated carbocycles.